The lowest BCUT2D eigenvalue weighted by Crippen LogP contribution is -2.30. The van der Waals surface area contributed by atoms with Crippen molar-refractivity contribution in [2.24, 2.45) is 0 Å². The van der Waals surface area contributed by atoms with E-state index in [2.05, 4.69) is 15.0 Å². The third-order valence-corrected chi connectivity index (χ3v) is 5.65. The van der Waals surface area contributed by atoms with Crippen molar-refractivity contribution in [3.05, 3.63) is 70.7 Å². The van der Waals surface area contributed by atoms with Crippen LogP contribution in [0.5, 0.6) is 5.75 Å². The molecule has 11 heteroatoms. The number of aromatic nitrogens is 1. The number of carbonyl (C=O) groups excluding carboxylic acids is 2. The highest BCUT2D eigenvalue weighted by Crippen LogP contribution is 2.25. The van der Waals surface area contributed by atoms with Crippen molar-refractivity contribution in [2.45, 2.75) is 30.0 Å². The second kappa shape index (κ2) is 10.5. The largest absolute Gasteiger partial charge is 0.573 e. The van der Waals surface area contributed by atoms with Crippen LogP contribution in [0.4, 0.5) is 18.9 Å². The number of halogens is 3. The molecule has 1 N–H and O–H groups in total. The number of anilines is 1. The van der Waals surface area contributed by atoms with Gasteiger partial charge < -0.3 is 14.8 Å². The molecule has 0 saturated carbocycles. The third kappa shape index (κ3) is 7.27. The first kappa shape index (κ1) is 23.6. The Balaban J connectivity index is 1.49. The number of thiazole rings is 1. The standard InChI is InChI=1S/C21H17F3N2O4S2/c1-13(19(27)26-15-4-6-17(7-5-15)30-21(22,23)24)29-20(28)14-2-8-18(9-3-14)32-11-16-10-31-12-25-16/h2-10,12-13H,11H2,1H3,(H,26,27). The first-order valence-corrected chi connectivity index (χ1v) is 11.1. The number of esters is 1. The van der Waals surface area contributed by atoms with Gasteiger partial charge in [-0.15, -0.1) is 36.3 Å². The van der Waals surface area contributed by atoms with Gasteiger partial charge >= 0.3 is 12.3 Å². The van der Waals surface area contributed by atoms with Gasteiger partial charge in [0.2, 0.25) is 0 Å². The Morgan fingerprint density at radius 3 is 2.41 bits per heavy atom. The fourth-order valence-corrected chi connectivity index (χ4v) is 3.88. The van der Waals surface area contributed by atoms with E-state index in [-0.39, 0.29) is 11.3 Å². The molecule has 3 aromatic rings. The summed E-state index contributed by atoms with van der Waals surface area (Å²) in [6.45, 7) is 1.40. The average Bonchev–Trinajstić information content (AvgIpc) is 3.26. The number of benzene rings is 2. The van der Waals surface area contributed by atoms with E-state index < -0.39 is 30.1 Å². The summed E-state index contributed by atoms with van der Waals surface area (Å²) in [5.41, 5.74) is 3.26. The molecule has 0 aliphatic carbocycles. The average molecular weight is 483 g/mol. The first-order valence-electron chi connectivity index (χ1n) is 9.17. The number of nitrogens with one attached hydrogen (secondary N) is 1. The van der Waals surface area contributed by atoms with Gasteiger partial charge in [0.15, 0.2) is 6.10 Å². The van der Waals surface area contributed by atoms with E-state index in [1.54, 1.807) is 41.5 Å². The topological polar surface area (TPSA) is 77.5 Å². The molecule has 1 amide bonds. The molecule has 1 aromatic heterocycles. The summed E-state index contributed by atoms with van der Waals surface area (Å²) in [5, 5.41) is 4.43. The van der Waals surface area contributed by atoms with Gasteiger partial charge in [0.05, 0.1) is 16.8 Å². The summed E-state index contributed by atoms with van der Waals surface area (Å²) < 4.78 is 45.5. The minimum atomic E-state index is -4.80. The van der Waals surface area contributed by atoms with Gasteiger partial charge in [-0.1, -0.05) is 0 Å². The van der Waals surface area contributed by atoms with Crippen LogP contribution in [0.2, 0.25) is 0 Å². The van der Waals surface area contributed by atoms with Crippen molar-refractivity contribution in [1.29, 1.82) is 0 Å². The maximum Gasteiger partial charge on any atom is 0.573 e. The van der Waals surface area contributed by atoms with Crippen LogP contribution in [-0.2, 0) is 15.3 Å². The number of hydrogen-bond donors (Lipinski definition) is 1. The highest BCUT2D eigenvalue weighted by atomic mass is 32.2. The second-order valence-electron chi connectivity index (χ2n) is 6.40. The van der Waals surface area contributed by atoms with E-state index in [1.165, 1.54) is 30.4 Å². The van der Waals surface area contributed by atoms with Crippen LogP contribution in [-0.4, -0.2) is 29.3 Å². The number of ether oxygens (including phenoxy) is 2. The number of hydrogen-bond acceptors (Lipinski definition) is 7. The Labute approximate surface area is 189 Å². The zero-order valence-corrected chi connectivity index (χ0v) is 18.2. The zero-order chi connectivity index (χ0) is 23.1. The van der Waals surface area contributed by atoms with E-state index in [0.717, 1.165) is 22.7 Å². The number of rotatable bonds is 8. The quantitative estimate of drug-likeness (QED) is 0.337. The van der Waals surface area contributed by atoms with Crippen LogP contribution < -0.4 is 10.1 Å². The molecule has 6 nitrogen and oxygen atoms in total. The van der Waals surface area contributed by atoms with Gasteiger partial charge in [0, 0.05) is 21.7 Å². The monoisotopic (exact) mass is 482 g/mol. The van der Waals surface area contributed by atoms with Crippen LogP contribution in [0.15, 0.2) is 64.3 Å². The molecule has 2 aromatic carbocycles. The molecule has 3 rings (SSSR count). The molecule has 1 atom stereocenters. The maximum absolute atomic E-state index is 12.3. The molecule has 0 aliphatic rings. The predicted molar refractivity (Wildman–Crippen MR) is 115 cm³/mol. The Kier molecular flexibility index (Phi) is 7.75. The molecule has 0 aliphatic heterocycles. The summed E-state index contributed by atoms with van der Waals surface area (Å²) in [4.78, 5) is 29.7. The Hall–Kier alpha value is -3.05. The molecule has 168 valence electrons. The van der Waals surface area contributed by atoms with E-state index >= 15 is 0 Å². The third-order valence-electron chi connectivity index (χ3n) is 3.97. The van der Waals surface area contributed by atoms with Crippen molar-refractivity contribution in [3.63, 3.8) is 0 Å². The second-order valence-corrected chi connectivity index (χ2v) is 8.17. The summed E-state index contributed by atoms with van der Waals surface area (Å²) in [7, 11) is 0. The van der Waals surface area contributed by atoms with Crippen molar-refractivity contribution >= 4 is 40.7 Å². The van der Waals surface area contributed by atoms with Crippen LogP contribution in [0, 0.1) is 0 Å². The fraction of sp³-hybridized carbons (Fsp3) is 0.190. The number of amides is 1. The smallest absolute Gasteiger partial charge is 0.449 e. The Morgan fingerprint density at radius 2 is 1.81 bits per heavy atom. The van der Waals surface area contributed by atoms with E-state index in [9.17, 15) is 22.8 Å². The van der Waals surface area contributed by atoms with Crippen LogP contribution in [0.3, 0.4) is 0 Å². The summed E-state index contributed by atoms with van der Waals surface area (Å²) in [6.07, 6.45) is -5.92. The maximum atomic E-state index is 12.3. The summed E-state index contributed by atoms with van der Waals surface area (Å²) in [5.74, 6) is -0.993. The van der Waals surface area contributed by atoms with Crippen molar-refractivity contribution in [2.75, 3.05) is 5.32 Å². The molecule has 32 heavy (non-hydrogen) atoms. The lowest BCUT2D eigenvalue weighted by Gasteiger charge is -2.14. The molecule has 0 bridgehead atoms. The number of thioether (sulfide) groups is 1. The zero-order valence-electron chi connectivity index (χ0n) is 16.6. The molecule has 0 fully saturated rings. The molecule has 0 spiro atoms. The van der Waals surface area contributed by atoms with Gasteiger partial charge in [-0.3, -0.25) is 4.79 Å². The van der Waals surface area contributed by atoms with Crippen molar-refractivity contribution < 1.29 is 32.2 Å². The molecular weight excluding hydrogens is 465 g/mol. The SMILES string of the molecule is CC(OC(=O)c1ccc(SCc2cscn2)cc1)C(=O)Nc1ccc(OC(F)(F)F)cc1. The molecule has 1 unspecified atom stereocenters. The fourth-order valence-electron chi connectivity index (χ4n) is 2.42. The predicted octanol–water partition coefficient (Wildman–Crippen LogP) is 5.52. The highest BCUT2D eigenvalue weighted by molar-refractivity contribution is 7.98. The van der Waals surface area contributed by atoms with Gasteiger partial charge in [0.1, 0.15) is 5.75 Å². The number of carbonyl (C=O) groups is 2. The van der Waals surface area contributed by atoms with E-state index in [1.807, 2.05) is 5.38 Å². The number of nitrogens with zero attached hydrogens (tertiary/aromatic N) is 1. The van der Waals surface area contributed by atoms with Gasteiger partial charge in [-0.05, 0) is 55.5 Å². The minimum Gasteiger partial charge on any atom is -0.449 e. The molecular formula is C21H17F3N2O4S2. The minimum absolute atomic E-state index is 0.230. The number of alkyl halides is 3. The summed E-state index contributed by atoms with van der Waals surface area (Å²) >= 11 is 3.11. The normalized spacial score (nSPS) is 12.1. The van der Waals surface area contributed by atoms with E-state index in [0.29, 0.717) is 5.75 Å². The van der Waals surface area contributed by atoms with Gasteiger partial charge in [-0.2, -0.15) is 0 Å². The molecule has 1 heterocycles. The highest BCUT2D eigenvalue weighted by Gasteiger charge is 2.31. The van der Waals surface area contributed by atoms with Crippen molar-refractivity contribution in [1.82, 2.24) is 4.98 Å². The lowest BCUT2D eigenvalue weighted by atomic mass is 10.2. The Morgan fingerprint density at radius 1 is 1.12 bits per heavy atom. The first-order chi connectivity index (χ1) is 15.2. The van der Waals surface area contributed by atoms with E-state index in [4.69, 9.17) is 4.74 Å². The van der Waals surface area contributed by atoms with Crippen molar-refractivity contribution in [3.8, 4) is 5.75 Å². The molecule has 0 saturated heterocycles. The van der Waals surface area contributed by atoms with Gasteiger partial charge in [-0.25, -0.2) is 9.78 Å². The summed E-state index contributed by atoms with van der Waals surface area (Å²) in [6, 6.07) is 11.4. The lowest BCUT2D eigenvalue weighted by molar-refractivity contribution is -0.274. The Bertz CT molecular complexity index is 1040. The van der Waals surface area contributed by atoms with Crippen LogP contribution in [0.1, 0.15) is 23.0 Å². The van der Waals surface area contributed by atoms with Crippen LogP contribution in [0.25, 0.3) is 0 Å². The van der Waals surface area contributed by atoms with Gasteiger partial charge in [0.25, 0.3) is 5.91 Å². The van der Waals surface area contributed by atoms with Crippen LogP contribution >= 0.6 is 23.1 Å². The molecule has 0 radical (unpaired) electrons.